The van der Waals surface area contributed by atoms with E-state index in [-0.39, 0.29) is 18.2 Å². The van der Waals surface area contributed by atoms with Crippen LogP contribution in [-0.4, -0.2) is 43.4 Å². The first-order valence-corrected chi connectivity index (χ1v) is 13.6. The molecule has 0 spiro atoms. The van der Waals surface area contributed by atoms with Gasteiger partial charge in [0.05, 0.1) is 11.9 Å². The molecule has 0 radical (unpaired) electrons. The highest BCUT2D eigenvalue weighted by atomic mass is 16.4. The van der Waals surface area contributed by atoms with Crippen LogP contribution in [0.1, 0.15) is 79.7 Å². The molecular formula is C32H36N4O3. The number of aromatic nitrogens is 3. The van der Waals surface area contributed by atoms with Crippen LogP contribution in [-0.2, 0) is 24.3 Å². The fourth-order valence-electron chi connectivity index (χ4n) is 6.04. The summed E-state index contributed by atoms with van der Waals surface area (Å²) in [4.78, 5) is 27.7. The fourth-order valence-corrected chi connectivity index (χ4v) is 6.04. The summed E-state index contributed by atoms with van der Waals surface area (Å²) < 4.78 is 1.85. The number of aryl methyl sites for hydroxylation is 4. The number of nitrogens with zero attached hydrogens (tertiary/aromatic N) is 4. The highest BCUT2D eigenvalue weighted by molar-refractivity contribution is 5.98. The summed E-state index contributed by atoms with van der Waals surface area (Å²) in [5.74, 6) is -1.12. The zero-order chi connectivity index (χ0) is 28.0. The van der Waals surface area contributed by atoms with Crippen molar-refractivity contribution < 1.29 is 14.7 Å². The monoisotopic (exact) mass is 524 g/mol. The lowest BCUT2D eigenvalue weighted by Crippen LogP contribution is -2.37. The Morgan fingerprint density at radius 3 is 2.33 bits per heavy atom. The van der Waals surface area contributed by atoms with Gasteiger partial charge < -0.3 is 10.0 Å². The van der Waals surface area contributed by atoms with Gasteiger partial charge in [0, 0.05) is 31.1 Å². The number of aliphatic carboxylic acids is 1. The van der Waals surface area contributed by atoms with Crippen molar-refractivity contribution in [2.75, 3.05) is 6.54 Å². The second-order valence-electron chi connectivity index (χ2n) is 10.8. The molecule has 0 unspecified atom stereocenters. The Morgan fingerprint density at radius 2 is 1.67 bits per heavy atom. The fraction of sp³-hybridized carbons (Fsp3) is 0.375. The molecule has 0 aliphatic carbocycles. The Morgan fingerprint density at radius 1 is 0.949 bits per heavy atom. The molecule has 7 heteroatoms. The van der Waals surface area contributed by atoms with E-state index in [0.717, 1.165) is 74.1 Å². The Labute approximate surface area is 229 Å². The molecule has 39 heavy (non-hydrogen) atoms. The maximum absolute atomic E-state index is 13.8. The Balaban J connectivity index is 1.51. The third-order valence-corrected chi connectivity index (χ3v) is 8.55. The lowest BCUT2D eigenvalue weighted by atomic mass is 9.83. The van der Waals surface area contributed by atoms with Gasteiger partial charge in [0.2, 0.25) is 0 Å². The van der Waals surface area contributed by atoms with Crippen molar-refractivity contribution in [2.24, 2.45) is 0 Å². The number of carboxylic acid groups (broad SMARTS) is 1. The predicted octanol–water partition coefficient (Wildman–Crippen LogP) is 5.80. The number of carbonyl (C=O) groups excluding carboxylic acids is 1. The first-order chi connectivity index (χ1) is 18.6. The summed E-state index contributed by atoms with van der Waals surface area (Å²) in [7, 11) is 0. The van der Waals surface area contributed by atoms with Gasteiger partial charge >= 0.3 is 5.97 Å². The van der Waals surface area contributed by atoms with Crippen LogP contribution < -0.4 is 0 Å². The zero-order valence-corrected chi connectivity index (χ0v) is 23.6. The van der Waals surface area contributed by atoms with Gasteiger partial charge in [-0.2, -0.15) is 0 Å². The number of hydrogen-bond acceptors (Lipinski definition) is 4. The summed E-state index contributed by atoms with van der Waals surface area (Å²) in [6.07, 6.45) is 0.746. The van der Waals surface area contributed by atoms with Gasteiger partial charge in [0.25, 0.3) is 5.91 Å². The molecule has 1 amide bonds. The van der Waals surface area contributed by atoms with Crippen LogP contribution in [0, 0.1) is 34.6 Å². The third kappa shape index (κ3) is 4.71. The Bertz CT molecular complexity index is 1590. The number of benzene rings is 3. The molecule has 1 N–H and O–H groups in total. The maximum atomic E-state index is 13.8. The molecule has 0 bridgehead atoms. The number of amides is 1. The van der Waals surface area contributed by atoms with Gasteiger partial charge in [-0.3, -0.25) is 9.59 Å². The summed E-state index contributed by atoms with van der Waals surface area (Å²) in [6.45, 7) is 14.1. The van der Waals surface area contributed by atoms with Crippen molar-refractivity contribution in [3.63, 3.8) is 0 Å². The second-order valence-corrected chi connectivity index (χ2v) is 10.8. The van der Waals surface area contributed by atoms with Crippen molar-refractivity contribution in [3.8, 4) is 0 Å². The van der Waals surface area contributed by atoms with Crippen LogP contribution in [0.4, 0.5) is 0 Å². The molecule has 1 aliphatic rings. The van der Waals surface area contributed by atoms with E-state index < -0.39 is 5.97 Å². The lowest BCUT2D eigenvalue weighted by Gasteiger charge is -2.31. The van der Waals surface area contributed by atoms with Crippen LogP contribution in [0.5, 0.6) is 0 Å². The van der Waals surface area contributed by atoms with Crippen LogP contribution >= 0.6 is 0 Å². The second kappa shape index (κ2) is 10.3. The molecular weight excluding hydrogens is 488 g/mol. The van der Waals surface area contributed by atoms with Crippen molar-refractivity contribution >= 4 is 22.9 Å². The summed E-state index contributed by atoms with van der Waals surface area (Å²) in [5, 5.41) is 18.5. The van der Waals surface area contributed by atoms with E-state index in [4.69, 9.17) is 0 Å². The molecule has 5 rings (SSSR count). The van der Waals surface area contributed by atoms with E-state index in [1.165, 1.54) is 5.56 Å². The van der Waals surface area contributed by atoms with Crippen LogP contribution in [0.3, 0.4) is 0 Å². The van der Waals surface area contributed by atoms with E-state index in [0.29, 0.717) is 13.1 Å². The topological polar surface area (TPSA) is 88.3 Å². The van der Waals surface area contributed by atoms with Gasteiger partial charge in [-0.1, -0.05) is 35.5 Å². The van der Waals surface area contributed by atoms with Gasteiger partial charge in [-0.15, -0.1) is 5.10 Å². The molecule has 1 atom stereocenters. The number of rotatable bonds is 6. The van der Waals surface area contributed by atoms with Gasteiger partial charge in [0.1, 0.15) is 5.52 Å². The molecule has 0 saturated carbocycles. The average molecular weight is 525 g/mol. The first kappa shape index (κ1) is 26.6. The van der Waals surface area contributed by atoms with Crippen LogP contribution in [0.25, 0.3) is 11.0 Å². The Hall–Kier alpha value is -4.00. The molecule has 1 aliphatic heterocycles. The smallest absolute Gasteiger partial charge is 0.304 e. The van der Waals surface area contributed by atoms with Crippen LogP contribution in [0.15, 0.2) is 36.4 Å². The molecule has 0 fully saturated rings. The molecule has 4 aromatic rings. The van der Waals surface area contributed by atoms with E-state index >= 15 is 0 Å². The van der Waals surface area contributed by atoms with Crippen molar-refractivity contribution in [1.29, 1.82) is 0 Å². The van der Waals surface area contributed by atoms with E-state index in [2.05, 4.69) is 48.4 Å². The van der Waals surface area contributed by atoms with Crippen LogP contribution in [0.2, 0.25) is 0 Å². The molecule has 1 aromatic heterocycles. The Kier molecular flexibility index (Phi) is 7.02. The summed E-state index contributed by atoms with van der Waals surface area (Å²) >= 11 is 0. The highest BCUT2D eigenvalue weighted by Gasteiger charge is 2.28. The molecule has 2 heterocycles. The standard InChI is InChI=1S/C32H36N4O3/c1-7-36-28-11-10-26(22(6)31(28)33-34-36)27(16-29(37)38)24-9-8-23-12-13-35(17-25(23)15-24)32(39)30-20(4)18(2)14-19(3)21(30)5/h8-11,14-15,27H,7,12-13,16-17H2,1-6H3,(H,37,38)/t27-/m1/s1. The first-order valence-electron chi connectivity index (χ1n) is 13.6. The highest BCUT2D eigenvalue weighted by Crippen LogP contribution is 2.35. The third-order valence-electron chi connectivity index (χ3n) is 8.55. The minimum atomic E-state index is -0.855. The predicted molar refractivity (Wildman–Crippen MR) is 152 cm³/mol. The minimum Gasteiger partial charge on any atom is -0.481 e. The number of carboxylic acids is 1. The molecule has 3 aromatic carbocycles. The zero-order valence-electron chi connectivity index (χ0n) is 23.6. The summed E-state index contributed by atoms with van der Waals surface area (Å²) in [6, 6.07) is 12.4. The number of fused-ring (bicyclic) bond motifs is 2. The number of hydrogen-bond donors (Lipinski definition) is 1. The van der Waals surface area contributed by atoms with E-state index in [9.17, 15) is 14.7 Å². The van der Waals surface area contributed by atoms with E-state index in [1.54, 1.807) is 0 Å². The quantitative estimate of drug-likeness (QED) is 0.344. The summed E-state index contributed by atoms with van der Waals surface area (Å²) in [5.41, 5.74) is 12.0. The lowest BCUT2D eigenvalue weighted by molar-refractivity contribution is -0.137. The van der Waals surface area contributed by atoms with Gasteiger partial charge in [-0.05, 0) is 104 Å². The molecule has 7 nitrogen and oxygen atoms in total. The maximum Gasteiger partial charge on any atom is 0.304 e. The van der Waals surface area contributed by atoms with Crippen molar-refractivity contribution in [2.45, 2.75) is 73.4 Å². The molecule has 202 valence electrons. The average Bonchev–Trinajstić information content (AvgIpc) is 3.34. The van der Waals surface area contributed by atoms with Gasteiger partial charge in [-0.25, -0.2) is 4.68 Å². The normalized spacial score (nSPS) is 13.9. The number of carbonyl (C=O) groups is 2. The van der Waals surface area contributed by atoms with Crippen molar-refractivity contribution in [3.05, 3.63) is 92.0 Å². The van der Waals surface area contributed by atoms with Gasteiger partial charge in [0.15, 0.2) is 0 Å². The molecule has 0 saturated heterocycles. The van der Waals surface area contributed by atoms with E-state index in [1.807, 2.05) is 49.4 Å². The largest absolute Gasteiger partial charge is 0.481 e. The SMILES string of the molecule is CCn1nnc2c(C)c([C@H](CC(=O)O)c3ccc4c(c3)CN(C(=O)c3c(C)c(C)cc(C)c3C)CC4)ccc21. The minimum absolute atomic E-state index is 0.0311. The van der Waals surface area contributed by atoms with Crippen molar-refractivity contribution in [1.82, 2.24) is 19.9 Å².